The summed E-state index contributed by atoms with van der Waals surface area (Å²) in [5.41, 5.74) is 0. The lowest BCUT2D eigenvalue weighted by molar-refractivity contribution is -0.144. The fourth-order valence-corrected chi connectivity index (χ4v) is 2.48. The number of ether oxygens (including phenoxy) is 2. The summed E-state index contributed by atoms with van der Waals surface area (Å²) in [6, 6.07) is 0. The van der Waals surface area contributed by atoms with Crippen LogP contribution in [-0.4, -0.2) is 46.5 Å². The van der Waals surface area contributed by atoms with Crippen LogP contribution in [0.25, 0.3) is 0 Å². The minimum Gasteiger partial charge on any atom is -0.469 e. The molecule has 0 spiro atoms. The van der Waals surface area contributed by atoms with Crippen molar-refractivity contribution in [1.82, 2.24) is 0 Å². The van der Waals surface area contributed by atoms with Crippen LogP contribution in [0.4, 0.5) is 0 Å². The lowest BCUT2D eigenvalue weighted by atomic mass is 10.1. The predicted molar refractivity (Wildman–Crippen MR) is 89.3 cm³/mol. The van der Waals surface area contributed by atoms with Crippen molar-refractivity contribution in [2.45, 2.75) is 57.8 Å². The van der Waals surface area contributed by atoms with Crippen molar-refractivity contribution in [2.75, 3.05) is 20.3 Å². The highest BCUT2D eigenvalue weighted by Gasteiger charge is 2.37. The largest absolute Gasteiger partial charge is 0.469 e. The number of esters is 1. The zero-order chi connectivity index (χ0) is 17.4. The van der Waals surface area contributed by atoms with Gasteiger partial charge in [0.05, 0.1) is 26.4 Å². The molecule has 0 saturated carbocycles. The molecule has 0 aliphatic rings. The number of hydrogen-bond donors (Lipinski definition) is 0. The summed E-state index contributed by atoms with van der Waals surface area (Å²) in [4.78, 5) is 23.0. The van der Waals surface area contributed by atoms with E-state index in [4.69, 9.17) is 9.16 Å². The van der Waals surface area contributed by atoms with E-state index in [-0.39, 0.29) is 29.8 Å². The van der Waals surface area contributed by atoms with Gasteiger partial charge >= 0.3 is 5.97 Å². The van der Waals surface area contributed by atoms with Crippen molar-refractivity contribution in [3.8, 4) is 0 Å². The van der Waals surface area contributed by atoms with Gasteiger partial charge in [0.2, 0.25) is 0 Å². The summed E-state index contributed by atoms with van der Waals surface area (Å²) >= 11 is 0. The van der Waals surface area contributed by atoms with Crippen molar-refractivity contribution in [1.29, 1.82) is 0 Å². The zero-order valence-corrected chi connectivity index (χ0v) is 15.7. The van der Waals surface area contributed by atoms with E-state index in [1.165, 1.54) is 7.11 Å². The minimum absolute atomic E-state index is 0.0893. The van der Waals surface area contributed by atoms with Crippen LogP contribution >= 0.6 is 0 Å². The van der Waals surface area contributed by atoms with Crippen LogP contribution in [-0.2, 0) is 23.5 Å². The normalized spacial score (nSPS) is 13.5. The van der Waals surface area contributed by atoms with Gasteiger partial charge in [0.1, 0.15) is 12.2 Å². The van der Waals surface area contributed by atoms with Crippen molar-refractivity contribution in [2.24, 2.45) is 0 Å². The maximum absolute atomic E-state index is 11.9. The molecule has 0 saturated heterocycles. The van der Waals surface area contributed by atoms with Crippen molar-refractivity contribution < 1.29 is 23.5 Å². The average Bonchev–Trinajstić information content (AvgIpc) is 2.40. The lowest BCUT2D eigenvalue weighted by Gasteiger charge is -2.37. The molecular weight excluding hydrogens is 300 g/mol. The van der Waals surface area contributed by atoms with Crippen LogP contribution < -0.4 is 0 Å². The molecule has 0 unspecified atom stereocenters. The summed E-state index contributed by atoms with van der Waals surface area (Å²) in [6.45, 7) is 15.0. The van der Waals surface area contributed by atoms with Gasteiger partial charge in [0.25, 0.3) is 0 Å². The Balaban J connectivity index is 4.61. The Hall–Kier alpha value is -0.983. The van der Waals surface area contributed by atoms with Crippen LogP contribution in [0.5, 0.6) is 0 Å². The summed E-state index contributed by atoms with van der Waals surface area (Å²) in [5, 5.41) is 0.0893. The molecule has 0 aromatic carbocycles. The number of Topliss-reactive ketones (excluding diaryl/α,β-unsaturated/α-hetero) is 1. The SMILES string of the molecule is C=CCO[C@H](CO[Si](C)(C)C(C)(C)C)CC(=O)CC(=O)OC. The number of ketones is 1. The summed E-state index contributed by atoms with van der Waals surface area (Å²) in [7, 11) is -0.640. The van der Waals surface area contributed by atoms with Crippen LogP contribution in [0.2, 0.25) is 18.1 Å². The van der Waals surface area contributed by atoms with Gasteiger partial charge < -0.3 is 13.9 Å². The third-order valence-electron chi connectivity index (χ3n) is 3.91. The monoisotopic (exact) mass is 330 g/mol. The Morgan fingerprint density at radius 2 is 1.86 bits per heavy atom. The molecule has 1 atom stereocenters. The molecule has 128 valence electrons. The number of methoxy groups -OCH3 is 1. The summed E-state index contributed by atoms with van der Waals surface area (Å²) in [6.07, 6.45) is 1.16. The van der Waals surface area contributed by atoms with Gasteiger partial charge in [-0.3, -0.25) is 9.59 Å². The zero-order valence-electron chi connectivity index (χ0n) is 14.7. The molecular formula is C16H30O5Si. The molecule has 0 amide bonds. The van der Waals surface area contributed by atoms with Gasteiger partial charge in [-0.05, 0) is 18.1 Å². The van der Waals surface area contributed by atoms with Crippen molar-refractivity contribution in [3.05, 3.63) is 12.7 Å². The Labute approximate surface area is 135 Å². The van der Waals surface area contributed by atoms with E-state index < -0.39 is 14.3 Å². The van der Waals surface area contributed by atoms with Crippen LogP contribution in [0.3, 0.4) is 0 Å². The second kappa shape index (κ2) is 9.22. The Bertz CT molecular complexity index is 384. The van der Waals surface area contributed by atoms with E-state index in [0.29, 0.717) is 13.2 Å². The van der Waals surface area contributed by atoms with Crippen LogP contribution in [0, 0.1) is 0 Å². The van der Waals surface area contributed by atoms with E-state index in [1.54, 1.807) is 6.08 Å². The molecule has 0 aromatic heterocycles. The smallest absolute Gasteiger partial charge is 0.313 e. The Kier molecular flexibility index (Phi) is 8.81. The molecule has 0 aromatic rings. The molecule has 6 heteroatoms. The minimum atomic E-state index is -1.91. The van der Waals surface area contributed by atoms with E-state index in [1.807, 2.05) is 0 Å². The van der Waals surface area contributed by atoms with Crippen molar-refractivity contribution in [3.63, 3.8) is 0 Å². The quantitative estimate of drug-likeness (QED) is 0.266. The Morgan fingerprint density at radius 1 is 1.27 bits per heavy atom. The van der Waals surface area contributed by atoms with Gasteiger partial charge in [-0.1, -0.05) is 26.8 Å². The molecule has 5 nitrogen and oxygen atoms in total. The predicted octanol–water partition coefficient (Wildman–Crippen LogP) is 3.10. The molecule has 0 bridgehead atoms. The molecule has 0 N–H and O–H groups in total. The molecule has 0 rings (SSSR count). The highest BCUT2D eigenvalue weighted by Crippen LogP contribution is 2.36. The van der Waals surface area contributed by atoms with Gasteiger partial charge in [0, 0.05) is 6.42 Å². The van der Waals surface area contributed by atoms with Crippen molar-refractivity contribution >= 4 is 20.1 Å². The van der Waals surface area contributed by atoms with E-state index in [9.17, 15) is 9.59 Å². The van der Waals surface area contributed by atoms with Crippen LogP contribution in [0.1, 0.15) is 33.6 Å². The third-order valence-corrected chi connectivity index (χ3v) is 8.41. The highest BCUT2D eigenvalue weighted by atomic mass is 28.4. The molecule has 22 heavy (non-hydrogen) atoms. The van der Waals surface area contributed by atoms with E-state index in [0.717, 1.165) is 0 Å². The average molecular weight is 330 g/mol. The van der Waals surface area contributed by atoms with E-state index >= 15 is 0 Å². The topological polar surface area (TPSA) is 61.8 Å². The standard InChI is InChI=1S/C16H30O5Si/c1-8-9-20-14(10-13(17)11-15(18)19-5)12-21-22(6,7)16(2,3)4/h8,14H,1,9-12H2,2-7H3/t14-/m0/s1. The number of carbonyl (C=O) groups is 2. The molecule has 0 radical (unpaired) electrons. The first-order valence-electron chi connectivity index (χ1n) is 7.48. The number of hydrogen-bond acceptors (Lipinski definition) is 5. The third kappa shape index (κ3) is 7.86. The molecule has 0 aliphatic heterocycles. The van der Waals surface area contributed by atoms with Gasteiger partial charge in [-0.15, -0.1) is 6.58 Å². The lowest BCUT2D eigenvalue weighted by Crippen LogP contribution is -2.43. The number of rotatable bonds is 10. The second-order valence-electron chi connectivity index (χ2n) is 6.81. The van der Waals surface area contributed by atoms with E-state index in [2.05, 4.69) is 45.2 Å². The number of carbonyl (C=O) groups excluding carboxylic acids is 2. The van der Waals surface area contributed by atoms with Crippen LogP contribution in [0.15, 0.2) is 12.7 Å². The van der Waals surface area contributed by atoms with Gasteiger partial charge in [-0.25, -0.2) is 0 Å². The highest BCUT2D eigenvalue weighted by molar-refractivity contribution is 6.74. The first-order chi connectivity index (χ1) is 10.0. The molecule has 0 fully saturated rings. The molecule has 0 heterocycles. The first-order valence-corrected chi connectivity index (χ1v) is 10.4. The fourth-order valence-electron chi connectivity index (χ4n) is 1.45. The maximum Gasteiger partial charge on any atom is 0.313 e. The first kappa shape index (κ1) is 21.0. The summed E-state index contributed by atoms with van der Waals surface area (Å²) < 4.78 is 16.2. The van der Waals surface area contributed by atoms with Gasteiger partial charge in [0.15, 0.2) is 8.32 Å². The second-order valence-corrected chi connectivity index (χ2v) is 11.6. The summed E-state index contributed by atoms with van der Waals surface area (Å²) in [5.74, 6) is -0.738. The van der Waals surface area contributed by atoms with Gasteiger partial charge in [-0.2, -0.15) is 0 Å². The molecule has 0 aliphatic carbocycles. The fraction of sp³-hybridized carbons (Fsp3) is 0.750. The maximum atomic E-state index is 11.9. The Morgan fingerprint density at radius 3 is 2.32 bits per heavy atom.